The number of nitrogens with one attached hydrogen (secondary N) is 1. The van der Waals surface area contributed by atoms with Crippen LogP contribution in [0.1, 0.15) is 28.9 Å². The third kappa shape index (κ3) is 5.00. The van der Waals surface area contributed by atoms with Crippen LogP contribution in [0.4, 0.5) is 0 Å². The molecule has 0 saturated carbocycles. The zero-order chi connectivity index (χ0) is 16.8. The van der Waals surface area contributed by atoms with Gasteiger partial charge in [-0.05, 0) is 42.8 Å². The van der Waals surface area contributed by atoms with E-state index in [0.29, 0.717) is 5.02 Å². The fourth-order valence-electron chi connectivity index (χ4n) is 1.99. The highest BCUT2D eigenvalue weighted by atomic mass is 35.5. The molecule has 0 aliphatic heterocycles. The summed E-state index contributed by atoms with van der Waals surface area (Å²) in [5.74, 6) is -1.14. The maximum atomic E-state index is 11.8. The van der Waals surface area contributed by atoms with Crippen molar-refractivity contribution >= 4 is 23.5 Å². The lowest BCUT2D eigenvalue weighted by atomic mass is 10.1. The van der Waals surface area contributed by atoms with Crippen molar-refractivity contribution in [3.63, 3.8) is 0 Å². The minimum atomic E-state index is -0.675. The van der Waals surface area contributed by atoms with Crippen LogP contribution in [0, 0.1) is 0 Å². The molecule has 120 valence electrons. The third-order valence-corrected chi connectivity index (χ3v) is 3.38. The number of halogens is 1. The van der Waals surface area contributed by atoms with E-state index < -0.39 is 18.5 Å². The Bertz CT molecular complexity index is 717. The van der Waals surface area contributed by atoms with E-state index in [1.54, 1.807) is 25.1 Å². The van der Waals surface area contributed by atoms with E-state index in [0.717, 1.165) is 5.56 Å². The van der Waals surface area contributed by atoms with Crippen molar-refractivity contribution in [1.29, 1.82) is 0 Å². The molecule has 0 heterocycles. The quantitative estimate of drug-likeness (QED) is 0.824. The van der Waals surface area contributed by atoms with Gasteiger partial charge in [0.1, 0.15) is 5.75 Å². The lowest BCUT2D eigenvalue weighted by Crippen LogP contribution is -2.31. The topological polar surface area (TPSA) is 75.6 Å². The average Bonchev–Trinajstić information content (AvgIpc) is 2.52. The van der Waals surface area contributed by atoms with E-state index in [2.05, 4.69) is 5.32 Å². The minimum Gasteiger partial charge on any atom is -0.508 e. The van der Waals surface area contributed by atoms with Crippen LogP contribution in [0.3, 0.4) is 0 Å². The summed E-state index contributed by atoms with van der Waals surface area (Å²) in [5.41, 5.74) is 1.03. The Morgan fingerprint density at radius 1 is 1.22 bits per heavy atom. The van der Waals surface area contributed by atoms with Gasteiger partial charge in [0.2, 0.25) is 0 Å². The summed E-state index contributed by atoms with van der Waals surface area (Å²) in [6.45, 7) is 1.40. The van der Waals surface area contributed by atoms with E-state index >= 15 is 0 Å². The molecular weight excluding hydrogens is 318 g/mol. The van der Waals surface area contributed by atoms with E-state index in [1.165, 1.54) is 24.3 Å². The zero-order valence-electron chi connectivity index (χ0n) is 12.5. The summed E-state index contributed by atoms with van der Waals surface area (Å²) < 4.78 is 4.92. The molecule has 2 aromatic rings. The van der Waals surface area contributed by atoms with E-state index in [9.17, 15) is 14.7 Å². The second-order valence-corrected chi connectivity index (χ2v) is 5.41. The molecule has 2 aromatic carbocycles. The van der Waals surface area contributed by atoms with Crippen molar-refractivity contribution in [3.8, 4) is 5.75 Å². The largest absolute Gasteiger partial charge is 0.508 e. The first-order valence-electron chi connectivity index (χ1n) is 6.96. The summed E-state index contributed by atoms with van der Waals surface area (Å²) in [5, 5.41) is 12.6. The molecule has 1 amide bonds. The maximum absolute atomic E-state index is 11.8. The molecule has 0 aliphatic carbocycles. The average molecular weight is 334 g/mol. The number of rotatable bonds is 5. The summed E-state index contributed by atoms with van der Waals surface area (Å²) in [6, 6.07) is 12.6. The van der Waals surface area contributed by atoms with Gasteiger partial charge >= 0.3 is 5.97 Å². The number of carbonyl (C=O) groups excluding carboxylic acids is 2. The second-order valence-electron chi connectivity index (χ2n) is 4.97. The molecule has 23 heavy (non-hydrogen) atoms. The predicted octanol–water partition coefficient (Wildman–Crippen LogP) is 3.08. The smallest absolute Gasteiger partial charge is 0.338 e. The lowest BCUT2D eigenvalue weighted by molar-refractivity contribution is -0.124. The summed E-state index contributed by atoms with van der Waals surface area (Å²) in [7, 11) is 0. The standard InChI is InChI=1S/C17H16ClNO4/c1-11(12-4-2-6-14(18)8-12)19-16(21)10-23-17(22)13-5-3-7-15(20)9-13/h2-9,11,20H,10H2,1H3,(H,19,21)/t11-/m0/s1. The fraction of sp³-hybridized carbons (Fsp3) is 0.176. The van der Waals surface area contributed by atoms with Gasteiger partial charge in [0.05, 0.1) is 11.6 Å². The highest BCUT2D eigenvalue weighted by Gasteiger charge is 2.13. The molecule has 0 aliphatic rings. The molecule has 0 spiro atoms. The van der Waals surface area contributed by atoms with E-state index in [1.807, 2.05) is 6.07 Å². The van der Waals surface area contributed by atoms with Crippen LogP contribution >= 0.6 is 11.6 Å². The van der Waals surface area contributed by atoms with Gasteiger partial charge in [-0.1, -0.05) is 29.8 Å². The zero-order valence-corrected chi connectivity index (χ0v) is 13.2. The number of phenols is 1. The highest BCUT2D eigenvalue weighted by Crippen LogP contribution is 2.17. The predicted molar refractivity (Wildman–Crippen MR) is 86.4 cm³/mol. The van der Waals surface area contributed by atoms with Gasteiger partial charge < -0.3 is 15.2 Å². The van der Waals surface area contributed by atoms with Gasteiger partial charge in [0.15, 0.2) is 6.61 Å². The molecule has 0 unspecified atom stereocenters. The van der Waals surface area contributed by atoms with Crippen LogP contribution in [0.15, 0.2) is 48.5 Å². The van der Waals surface area contributed by atoms with Crippen LogP contribution < -0.4 is 5.32 Å². The number of phenolic OH excluding ortho intramolecular Hbond substituents is 1. The fourth-order valence-corrected chi connectivity index (χ4v) is 2.19. The van der Waals surface area contributed by atoms with Crippen LogP contribution in [0.25, 0.3) is 0 Å². The monoisotopic (exact) mass is 333 g/mol. The van der Waals surface area contributed by atoms with Crippen molar-refractivity contribution in [2.75, 3.05) is 6.61 Å². The molecule has 0 aromatic heterocycles. The molecule has 1 atom stereocenters. The first kappa shape index (κ1) is 16.8. The van der Waals surface area contributed by atoms with Crippen molar-refractivity contribution in [3.05, 3.63) is 64.7 Å². The van der Waals surface area contributed by atoms with Gasteiger partial charge in [-0.15, -0.1) is 0 Å². The Morgan fingerprint density at radius 2 is 1.96 bits per heavy atom. The number of hydrogen-bond acceptors (Lipinski definition) is 4. The first-order valence-corrected chi connectivity index (χ1v) is 7.34. The third-order valence-electron chi connectivity index (χ3n) is 3.14. The van der Waals surface area contributed by atoms with Crippen LogP contribution in [0.2, 0.25) is 5.02 Å². The SMILES string of the molecule is C[C@H](NC(=O)COC(=O)c1cccc(O)c1)c1cccc(Cl)c1. The Labute approximate surface area is 138 Å². The molecule has 6 heteroatoms. The normalized spacial score (nSPS) is 11.6. The Morgan fingerprint density at radius 3 is 2.65 bits per heavy atom. The van der Waals surface area contributed by atoms with E-state index in [4.69, 9.17) is 16.3 Å². The van der Waals surface area contributed by atoms with Gasteiger partial charge in [-0.2, -0.15) is 0 Å². The van der Waals surface area contributed by atoms with Crippen molar-refractivity contribution in [1.82, 2.24) is 5.32 Å². The Hall–Kier alpha value is -2.53. The molecule has 2 rings (SSSR count). The highest BCUT2D eigenvalue weighted by molar-refractivity contribution is 6.30. The summed E-state index contributed by atoms with van der Waals surface area (Å²) in [6.07, 6.45) is 0. The maximum Gasteiger partial charge on any atom is 0.338 e. The minimum absolute atomic E-state index is 0.0431. The number of carbonyl (C=O) groups is 2. The van der Waals surface area contributed by atoms with Gasteiger partial charge in [-0.25, -0.2) is 4.79 Å². The number of aromatic hydroxyl groups is 1. The van der Waals surface area contributed by atoms with Crippen LogP contribution in [-0.4, -0.2) is 23.6 Å². The molecule has 0 saturated heterocycles. The molecule has 0 radical (unpaired) electrons. The van der Waals surface area contributed by atoms with E-state index in [-0.39, 0.29) is 17.4 Å². The van der Waals surface area contributed by atoms with Crippen molar-refractivity contribution in [2.45, 2.75) is 13.0 Å². The molecule has 5 nitrogen and oxygen atoms in total. The summed E-state index contributed by atoms with van der Waals surface area (Å²) >= 11 is 5.91. The number of benzene rings is 2. The van der Waals surface area contributed by atoms with Gasteiger partial charge in [0, 0.05) is 5.02 Å². The molecular formula is C17H16ClNO4. The molecule has 0 fully saturated rings. The number of ether oxygens (including phenoxy) is 1. The number of amides is 1. The van der Waals surface area contributed by atoms with Crippen molar-refractivity contribution < 1.29 is 19.4 Å². The van der Waals surface area contributed by atoms with Gasteiger partial charge in [0.25, 0.3) is 5.91 Å². The summed E-state index contributed by atoms with van der Waals surface area (Å²) in [4.78, 5) is 23.6. The molecule has 2 N–H and O–H groups in total. The van der Waals surface area contributed by atoms with Gasteiger partial charge in [-0.3, -0.25) is 4.79 Å². The van der Waals surface area contributed by atoms with Crippen LogP contribution in [0.5, 0.6) is 5.75 Å². The Kier molecular flexibility index (Phi) is 5.60. The lowest BCUT2D eigenvalue weighted by Gasteiger charge is -2.14. The second kappa shape index (κ2) is 7.65. The number of esters is 1. The van der Waals surface area contributed by atoms with Crippen molar-refractivity contribution in [2.24, 2.45) is 0 Å². The first-order chi connectivity index (χ1) is 11.0. The van der Waals surface area contributed by atoms with Crippen LogP contribution in [-0.2, 0) is 9.53 Å². The number of hydrogen-bond donors (Lipinski definition) is 2. The molecule has 0 bridgehead atoms. The Balaban J connectivity index is 1.86.